The molecule has 3 N–H and O–H groups in total. The average molecular weight is 374 g/mol. The van der Waals surface area contributed by atoms with E-state index < -0.39 is 0 Å². The van der Waals surface area contributed by atoms with Crippen molar-refractivity contribution in [3.05, 3.63) is 40.7 Å². The molecular formula is C20H31N5O2. The number of phenolic OH excluding ortho intramolecular Hbond substituents is 1. The first-order chi connectivity index (χ1) is 12.8. The number of aromatic nitrogens is 2. The number of hydrogen-bond acceptors (Lipinski definition) is 4. The summed E-state index contributed by atoms with van der Waals surface area (Å²) in [4.78, 5) is 4.29. The summed E-state index contributed by atoms with van der Waals surface area (Å²) in [7, 11) is 5.31. The molecule has 0 saturated carbocycles. The summed E-state index contributed by atoms with van der Waals surface area (Å²) in [5, 5.41) is 21.2. The fourth-order valence-corrected chi connectivity index (χ4v) is 3.10. The second-order valence-electron chi connectivity index (χ2n) is 6.77. The molecule has 0 radical (unpaired) electrons. The molecule has 1 aromatic carbocycles. The van der Waals surface area contributed by atoms with Gasteiger partial charge in [0, 0.05) is 38.4 Å². The molecule has 2 rings (SSSR count). The van der Waals surface area contributed by atoms with Crippen LogP contribution in [-0.2, 0) is 19.9 Å². The third kappa shape index (κ3) is 5.39. The third-order valence-electron chi connectivity index (χ3n) is 4.76. The summed E-state index contributed by atoms with van der Waals surface area (Å²) in [6.07, 6.45) is 1.57. The Labute approximate surface area is 161 Å². The number of aryl methyl sites for hydroxylation is 2. The number of methoxy groups -OCH3 is 1. The Balaban J connectivity index is 1.86. The highest BCUT2D eigenvalue weighted by Crippen LogP contribution is 2.23. The van der Waals surface area contributed by atoms with Gasteiger partial charge in [0.05, 0.1) is 12.8 Å². The van der Waals surface area contributed by atoms with E-state index in [0.717, 1.165) is 23.6 Å². The van der Waals surface area contributed by atoms with Gasteiger partial charge in [-0.3, -0.25) is 9.67 Å². The number of phenols is 1. The van der Waals surface area contributed by atoms with Crippen LogP contribution in [0.1, 0.15) is 29.4 Å². The van der Waals surface area contributed by atoms with Crippen LogP contribution in [0.15, 0.2) is 23.2 Å². The summed E-state index contributed by atoms with van der Waals surface area (Å²) in [6.45, 7) is 6.94. The minimum atomic E-state index is 0.215. The van der Waals surface area contributed by atoms with E-state index in [9.17, 15) is 5.11 Å². The first-order valence-electron chi connectivity index (χ1n) is 9.17. The summed E-state index contributed by atoms with van der Waals surface area (Å²) < 4.78 is 7.03. The molecule has 1 atom stereocenters. The number of nitrogens with one attached hydrogen (secondary N) is 2. The topological polar surface area (TPSA) is 83.7 Å². The van der Waals surface area contributed by atoms with Crippen LogP contribution in [0.4, 0.5) is 0 Å². The molecule has 0 bridgehead atoms. The van der Waals surface area contributed by atoms with Crippen molar-refractivity contribution in [2.45, 2.75) is 39.7 Å². The fraction of sp³-hybridized carbons (Fsp3) is 0.500. The second-order valence-corrected chi connectivity index (χ2v) is 6.77. The molecule has 0 aliphatic heterocycles. The van der Waals surface area contributed by atoms with Gasteiger partial charge in [-0.25, -0.2) is 0 Å². The Bertz CT molecular complexity index is 798. The number of aliphatic imine (C=N–C) groups is 1. The largest absolute Gasteiger partial charge is 0.508 e. The van der Waals surface area contributed by atoms with Gasteiger partial charge in [-0.1, -0.05) is 6.07 Å². The zero-order valence-electron chi connectivity index (χ0n) is 17.1. The highest BCUT2D eigenvalue weighted by molar-refractivity contribution is 5.80. The van der Waals surface area contributed by atoms with Crippen LogP contribution in [0.25, 0.3) is 0 Å². The standard InChI is InChI=1S/C20H31N5O2/c1-13(11-18-14(2)24-25(5)15(18)3)23-20(21-4)22-10-9-16-7-8-17(27-6)12-19(16)26/h7-8,12-13,26H,9-11H2,1-6H3,(H2,21,22,23). The minimum Gasteiger partial charge on any atom is -0.508 e. The number of hydrogen-bond donors (Lipinski definition) is 3. The molecule has 148 valence electrons. The molecule has 0 amide bonds. The van der Waals surface area contributed by atoms with Crippen LogP contribution in [0, 0.1) is 13.8 Å². The van der Waals surface area contributed by atoms with Gasteiger partial charge in [-0.15, -0.1) is 0 Å². The summed E-state index contributed by atoms with van der Waals surface area (Å²) in [5.41, 5.74) is 4.41. The molecule has 1 heterocycles. The normalized spacial score (nSPS) is 12.7. The Morgan fingerprint density at radius 2 is 2.11 bits per heavy atom. The molecule has 27 heavy (non-hydrogen) atoms. The van der Waals surface area contributed by atoms with E-state index in [1.54, 1.807) is 20.2 Å². The van der Waals surface area contributed by atoms with Crippen LogP contribution in [0.2, 0.25) is 0 Å². The second kappa shape index (κ2) is 9.30. The molecule has 0 saturated heterocycles. The van der Waals surface area contributed by atoms with Crippen molar-refractivity contribution >= 4 is 5.96 Å². The Morgan fingerprint density at radius 3 is 2.67 bits per heavy atom. The number of ether oxygens (including phenoxy) is 1. The lowest BCUT2D eigenvalue weighted by atomic mass is 10.1. The van der Waals surface area contributed by atoms with E-state index in [4.69, 9.17) is 4.74 Å². The summed E-state index contributed by atoms with van der Waals surface area (Å²) >= 11 is 0. The van der Waals surface area contributed by atoms with Crippen LogP contribution in [-0.4, -0.2) is 47.6 Å². The first kappa shape index (κ1) is 20.6. The molecule has 2 aromatic rings. The smallest absolute Gasteiger partial charge is 0.191 e. The molecule has 1 unspecified atom stereocenters. The van der Waals surface area contributed by atoms with E-state index in [1.165, 1.54) is 11.3 Å². The predicted octanol–water partition coefficient (Wildman–Crippen LogP) is 2.09. The van der Waals surface area contributed by atoms with Crippen molar-refractivity contribution in [2.75, 3.05) is 20.7 Å². The number of guanidine groups is 1. The monoisotopic (exact) mass is 373 g/mol. The van der Waals surface area contributed by atoms with Crippen LogP contribution >= 0.6 is 0 Å². The van der Waals surface area contributed by atoms with Crippen LogP contribution in [0.3, 0.4) is 0 Å². The average Bonchev–Trinajstić information content (AvgIpc) is 2.88. The van der Waals surface area contributed by atoms with Crippen LogP contribution < -0.4 is 15.4 Å². The maximum atomic E-state index is 10.0. The van der Waals surface area contributed by atoms with E-state index in [0.29, 0.717) is 18.7 Å². The van der Waals surface area contributed by atoms with Gasteiger partial charge in [0.2, 0.25) is 0 Å². The third-order valence-corrected chi connectivity index (χ3v) is 4.76. The molecule has 0 spiro atoms. The maximum Gasteiger partial charge on any atom is 0.191 e. The Hall–Kier alpha value is -2.70. The zero-order valence-corrected chi connectivity index (χ0v) is 17.1. The molecule has 7 heteroatoms. The summed E-state index contributed by atoms with van der Waals surface area (Å²) in [6, 6.07) is 5.57. The highest BCUT2D eigenvalue weighted by Gasteiger charge is 2.14. The van der Waals surface area contributed by atoms with Crippen molar-refractivity contribution in [1.82, 2.24) is 20.4 Å². The molecule has 0 fully saturated rings. The number of benzene rings is 1. The number of aromatic hydroxyl groups is 1. The van der Waals surface area contributed by atoms with Gasteiger partial charge in [-0.05, 0) is 50.8 Å². The highest BCUT2D eigenvalue weighted by atomic mass is 16.5. The lowest BCUT2D eigenvalue weighted by Crippen LogP contribution is -2.43. The van der Waals surface area contributed by atoms with Crippen LogP contribution in [0.5, 0.6) is 11.5 Å². The van der Waals surface area contributed by atoms with Gasteiger partial charge in [0.15, 0.2) is 5.96 Å². The molecule has 0 aliphatic carbocycles. The predicted molar refractivity (Wildman–Crippen MR) is 109 cm³/mol. The zero-order chi connectivity index (χ0) is 20.0. The Morgan fingerprint density at radius 1 is 1.37 bits per heavy atom. The molecule has 7 nitrogen and oxygen atoms in total. The van der Waals surface area contributed by atoms with Crippen molar-refractivity contribution in [2.24, 2.45) is 12.0 Å². The van der Waals surface area contributed by atoms with Gasteiger partial charge < -0.3 is 20.5 Å². The number of rotatable bonds is 7. The van der Waals surface area contributed by atoms with E-state index in [2.05, 4.69) is 34.6 Å². The van der Waals surface area contributed by atoms with Crippen molar-refractivity contribution in [1.29, 1.82) is 0 Å². The Kier molecular flexibility index (Phi) is 7.10. The molecule has 0 aliphatic rings. The van der Waals surface area contributed by atoms with E-state index >= 15 is 0 Å². The molecular weight excluding hydrogens is 342 g/mol. The molecule has 1 aromatic heterocycles. The SMILES string of the molecule is CN=C(NCCc1ccc(OC)cc1O)NC(C)Cc1c(C)nn(C)c1C. The van der Waals surface area contributed by atoms with Crippen molar-refractivity contribution < 1.29 is 9.84 Å². The number of nitrogens with zero attached hydrogens (tertiary/aromatic N) is 3. The minimum absolute atomic E-state index is 0.215. The van der Waals surface area contributed by atoms with E-state index in [1.807, 2.05) is 30.8 Å². The lowest BCUT2D eigenvalue weighted by molar-refractivity contribution is 0.406. The van der Waals surface area contributed by atoms with Crippen molar-refractivity contribution in [3.8, 4) is 11.5 Å². The van der Waals surface area contributed by atoms with Gasteiger partial charge >= 0.3 is 0 Å². The van der Waals surface area contributed by atoms with E-state index in [-0.39, 0.29) is 11.8 Å². The van der Waals surface area contributed by atoms with Gasteiger partial charge in [-0.2, -0.15) is 5.10 Å². The fourth-order valence-electron chi connectivity index (χ4n) is 3.10. The quantitative estimate of drug-likeness (QED) is 0.511. The lowest BCUT2D eigenvalue weighted by Gasteiger charge is -2.18. The first-order valence-corrected chi connectivity index (χ1v) is 9.17. The van der Waals surface area contributed by atoms with Crippen molar-refractivity contribution in [3.63, 3.8) is 0 Å². The van der Waals surface area contributed by atoms with Gasteiger partial charge in [0.25, 0.3) is 0 Å². The maximum absolute atomic E-state index is 10.0. The summed E-state index contributed by atoms with van der Waals surface area (Å²) in [5.74, 6) is 1.64. The van der Waals surface area contributed by atoms with Gasteiger partial charge in [0.1, 0.15) is 11.5 Å².